The summed E-state index contributed by atoms with van der Waals surface area (Å²) < 4.78 is 29.6. The second-order valence-corrected chi connectivity index (χ2v) is 6.62. The van der Waals surface area contributed by atoms with Crippen LogP contribution in [-0.2, 0) is 13.0 Å². The molecule has 24 heavy (non-hydrogen) atoms. The Hall–Kier alpha value is -2.01. The van der Waals surface area contributed by atoms with Crippen LogP contribution in [0.15, 0.2) is 24.3 Å². The standard InChI is InChI=1S/C19H22F2N2O/c1-12-4-5-13(2)15(8-12)10-23-18-9-16(19(20,21)11-24)6-7-17(18)14(3)22-23/h4-8,16,24H,9-11H2,1-3H3. The van der Waals surface area contributed by atoms with E-state index in [9.17, 15) is 8.78 Å². The molecule has 1 unspecified atom stereocenters. The molecule has 0 amide bonds. The lowest BCUT2D eigenvalue weighted by Gasteiger charge is -2.25. The first-order valence-electron chi connectivity index (χ1n) is 8.11. The monoisotopic (exact) mass is 332 g/mol. The molecule has 1 aromatic carbocycles. The van der Waals surface area contributed by atoms with Crippen molar-refractivity contribution in [3.63, 3.8) is 0 Å². The molecule has 0 saturated heterocycles. The van der Waals surface area contributed by atoms with E-state index in [1.54, 1.807) is 6.08 Å². The first-order valence-corrected chi connectivity index (χ1v) is 8.11. The molecule has 1 N–H and O–H groups in total. The van der Waals surface area contributed by atoms with Gasteiger partial charge in [0.05, 0.1) is 12.2 Å². The van der Waals surface area contributed by atoms with E-state index in [-0.39, 0.29) is 6.42 Å². The molecule has 128 valence electrons. The average molecular weight is 332 g/mol. The summed E-state index contributed by atoms with van der Waals surface area (Å²) in [6.45, 7) is 5.40. The van der Waals surface area contributed by atoms with Crippen LogP contribution in [0.1, 0.15) is 33.6 Å². The maximum atomic E-state index is 13.9. The first kappa shape index (κ1) is 16.8. The van der Waals surface area contributed by atoms with Crippen LogP contribution in [0.2, 0.25) is 0 Å². The fourth-order valence-electron chi connectivity index (χ4n) is 3.23. The van der Waals surface area contributed by atoms with Crippen LogP contribution in [0, 0.1) is 26.7 Å². The van der Waals surface area contributed by atoms with Gasteiger partial charge in [-0.15, -0.1) is 0 Å². The highest BCUT2D eigenvalue weighted by molar-refractivity contribution is 5.58. The summed E-state index contributed by atoms with van der Waals surface area (Å²) in [6.07, 6.45) is 3.40. The summed E-state index contributed by atoms with van der Waals surface area (Å²) in [4.78, 5) is 0. The van der Waals surface area contributed by atoms with Gasteiger partial charge >= 0.3 is 0 Å². The van der Waals surface area contributed by atoms with Gasteiger partial charge in [-0.2, -0.15) is 5.10 Å². The van der Waals surface area contributed by atoms with E-state index in [1.807, 2.05) is 25.5 Å². The quantitative estimate of drug-likeness (QED) is 0.928. The van der Waals surface area contributed by atoms with Gasteiger partial charge < -0.3 is 5.11 Å². The van der Waals surface area contributed by atoms with Gasteiger partial charge in [-0.1, -0.05) is 35.9 Å². The van der Waals surface area contributed by atoms with Crippen LogP contribution in [0.4, 0.5) is 8.78 Å². The third-order valence-corrected chi connectivity index (χ3v) is 4.77. The number of alkyl halides is 2. The number of hydrogen-bond acceptors (Lipinski definition) is 2. The number of aliphatic hydroxyl groups is 1. The Morgan fingerprint density at radius 2 is 2.04 bits per heavy atom. The fraction of sp³-hybridized carbons (Fsp3) is 0.421. The zero-order valence-corrected chi connectivity index (χ0v) is 14.2. The van der Waals surface area contributed by atoms with Crippen molar-refractivity contribution in [1.82, 2.24) is 9.78 Å². The molecule has 0 saturated carbocycles. The molecule has 0 spiro atoms. The van der Waals surface area contributed by atoms with Crippen LogP contribution in [0.5, 0.6) is 0 Å². The number of rotatable bonds is 4. The fourth-order valence-corrected chi connectivity index (χ4v) is 3.23. The summed E-state index contributed by atoms with van der Waals surface area (Å²) in [5, 5.41) is 13.5. The van der Waals surface area contributed by atoms with E-state index in [1.165, 1.54) is 6.08 Å². The molecule has 2 aromatic rings. The number of aliphatic hydroxyl groups excluding tert-OH is 1. The zero-order valence-electron chi connectivity index (χ0n) is 14.2. The van der Waals surface area contributed by atoms with Crippen LogP contribution in [0.25, 0.3) is 6.08 Å². The predicted octanol–water partition coefficient (Wildman–Crippen LogP) is 3.67. The summed E-state index contributed by atoms with van der Waals surface area (Å²) >= 11 is 0. The van der Waals surface area contributed by atoms with Crippen molar-refractivity contribution in [2.75, 3.05) is 6.61 Å². The Bertz CT molecular complexity index is 793. The van der Waals surface area contributed by atoms with Crippen molar-refractivity contribution >= 4 is 6.08 Å². The second-order valence-electron chi connectivity index (χ2n) is 6.62. The number of halogens is 2. The molecule has 0 aliphatic heterocycles. The Kier molecular flexibility index (Phi) is 4.30. The number of allylic oxidation sites excluding steroid dienone is 1. The molecular formula is C19H22F2N2O. The van der Waals surface area contributed by atoms with E-state index in [4.69, 9.17) is 5.11 Å². The van der Waals surface area contributed by atoms with E-state index in [2.05, 4.69) is 23.3 Å². The number of aryl methyl sites for hydroxylation is 3. The SMILES string of the molecule is Cc1ccc(C)c(Cn2nc(C)c3c2CC(C(F)(F)CO)C=C3)c1. The van der Waals surface area contributed by atoms with Gasteiger partial charge in [0.1, 0.15) is 6.61 Å². The molecule has 0 bridgehead atoms. The predicted molar refractivity (Wildman–Crippen MR) is 90.2 cm³/mol. The van der Waals surface area contributed by atoms with Crippen molar-refractivity contribution in [2.45, 2.75) is 39.7 Å². The highest BCUT2D eigenvalue weighted by Crippen LogP contribution is 2.35. The van der Waals surface area contributed by atoms with Crippen LogP contribution < -0.4 is 0 Å². The minimum atomic E-state index is -3.11. The minimum absolute atomic E-state index is 0.186. The molecule has 0 radical (unpaired) electrons. The maximum absolute atomic E-state index is 13.9. The van der Waals surface area contributed by atoms with E-state index in [0.29, 0.717) is 6.54 Å². The number of nitrogens with zero attached hydrogens (tertiary/aromatic N) is 2. The summed E-state index contributed by atoms with van der Waals surface area (Å²) in [6, 6.07) is 6.23. The largest absolute Gasteiger partial charge is 0.390 e. The lowest BCUT2D eigenvalue weighted by atomic mass is 9.88. The lowest BCUT2D eigenvalue weighted by molar-refractivity contribution is -0.0833. The third-order valence-electron chi connectivity index (χ3n) is 4.77. The third kappa shape index (κ3) is 3.00. The van der Waals surface area contributed by atoms with Crippen LogP contribution >= 0.6 is 0 Å². The molecule has 3 rings (SSSR count). The highest BCUT2D eigenvalue weighted by Gasteiger charge is 2.39. The van der Waals surface area contributed by atoms with Gasteiger partial charge in [-0.3, -0.25) is 4.68 Å². The Morgan fingerprint density at radius 1 is 1.29 bits per heavy atom. The maximum Gasteiger partial charge on any atom is 0.277 e. The smallest absolute Gasteiger partial charge is 0.277 e. The van der Waals surface area contributed by atoms with E-state index in [0.717, 1.165) is 33.6 Å². The number of benzene rings is 1. The topological polar surface area (TPSA) is 38.0 Å². The molecule has 1 atom stereocenters. The average Bonchev–Trinajstić information content (AvgIpc) is 2.86. The highest BCUT2D eigenvalue weighted by atomic mass is 19.3. The Labute approximate surface area is 140 Å². The number of fused-ring (bicyclic) bond motifs is 1. The Morgan fingerprint density at radius 3 is 2.75 bits per heavy atom. The van der Waals surface area contributed by atoms with Crippen molar-refractivity contribution in [1.29, 1.82) is 0 Å². The molecule has 0 fully saturated rings. The van der Waals surface area contributed by atoms with Gasteiger partial charge in [0.15, 0.2) is 0 Å². The van der Waals surface area contributed by atoms with Gasteiger partial charge in [0, 0.05) is 23.6 Å². The molecule has 3 nitrogen and oxygen atoms in total. The van der Waals surface area contributed by atoms with E-state index < -0.39 is 18.4 Å². The van der Waals surface area contributed by atoms with Crippen molar-refractivity contribution in [3.8, 4) is 0 Å². The minimum Gasteiger partial charge on any atom is -0.390 e. The molecular weight excluding hydrogens is 310 g/mol. The molecule has 1 heterocycles. The second kappa shape index (κ2) is 6.13. The van der Waals surface area contributed by atoms with E-state index >= 15 is 0 Å². The molecule has 1 aliphatic rings. The van der Waals surface area contributed by atoms with Crippen molar-refractivity contribution < 1.29 is 13.9 Å². The van der Waals surface area contributed by atoms with Crippen molar-refractivity contribution in [2.24, 2.45) is 5.92 Å². The van der Waals surface area contributed by atoms with Crippen molar-refractivity contribution in [3.05, 3.63) is 57.9 Å². The van der Waals surface area contributed by atoms with Crippen LogP contribution in [-0.4, -0.2) is 27.4 Å². The van der Waals surface area contributed by atoms with Gasteiger partial charge in [0.25, 0.3) is 5.92 Å². The summed E-state index contributed by atoms with van der Waals surface area (Å²) in [5.41, 5.74) is 6.04. The lowest BCUT2D eigenvalue weighted by Crippen LogP contribution is -2.34. The van der Waals surface area contributed by atoms with Gasteiger partial charge in [-0.25, -0.2) is 8.78 Å². The summed E-state index contributed by atoms with van der Waals surface area (Å²) in [7, 11) is 0. The summed E-state index contributed by atoms with van der Waals surface area (Å²) in [5.74, 6) is -4.11. The molecule has 1 aromatic heterocycles. The molecule has 1 aliphatic carbocycles. The molecule has 5 heteroatoms. The van der Waals surface area contributed by atoms with Crippen LogP contribution in [0.3, 0.4) is 0 Å². The number of aromatic nitrogens is 2. The number of hydrogen-bond donors (Lipinski definition) is 1. The normalized spacial score (nSPS) is 17.2. The first-order chi connectivity index (χ1) is 11.3. The van der Waals surface area contributed by atoms with Gasteiger partial charge in [0.2, 0.25) is 0 Å². The Balaban J connectivity index is 1.96. The zero-order chi connectivity index (χ0) is 17.5. The van der Waals surface area contributed by atoms with Gasteiger partial charge in [-0.05, 0) is 31.9 Å².